The second-order valence-corrected chi connectivity index (χ2v) is 4.41. The molecule has 2 unspecified atom stereocenters. The van der Waals surface area contributed by atoms with Crippen LogP contribution in [0.4, 0.5) is 0 Å². The first-order chi connectivity index (χ1) is 7.06. The number of likely N-dealkylation sites (tertiary alicyclic amines) is 1. The Bertz CT molecular complexity index is 211. The van der Waals surface area contributed by atoms with Gasteiger partial charge in [-0.3, -0.25) is 4.79 Å². The third-order valence-corrected chi connectivity index (χ3v) is 3.34. The van der Waals surface area contributed by atoms with E-state index in [1.165, 1.54) is 0 Å². The maximum Gasteiger partial charge on any atom is 0.239 e. The highest BCUT2D eigenvalue weighted by molar-refractivity contribution is 5.81. The average molecular weight is 214 g/mol. The number of carbonyl (C=O) groups excluding carboxylic acids is 1. The predicted molar refractivity (Wildman–Crippen MR) is 59.5 cm³/mol. The molecule has 0 bridgehead atoms. The van der Waals surface area contributed by atoms with Gasteiger partial charge in [0.05, 0.1) is 12.1 Å². The number of hydrogen-bond donors (Lipinski definition) is 2. The number of aliphatic hydroxyl groups excluding tert-OH is 1. The van der Waals surface area contributed by atoms with Crippen LogP contribution in [0.15, 0.2) is 0 Å². The van der Waals surface area contributed by atoms with Crippen molar-refractivity contribution in [3.05, 3.63) is 0 Å². The van der Waals surface area contributed by atoms with Crippen molar-refractivity contribution < 1.29 is 9.90 Å². The Kier molecular flexibility index (Phi) is 4.54. The van der Waals surface area contributed by atoms with Crippen LogP contribution in [0.2, 0.25) is 0 Å². The van der Waals surface area contributed by atoms with Crippen molar-refractivity contribution in [1.82, 2.24) is 10.2 Å². The molecule has 0 aromatic carbocycles. The summed E-state index contributed by atoms with van der Waals surface area (Å²) in [6.45, 7) is 5.27. The molecule has 4 heteroatoms. The molecule has 15 heavy (non-hydrogen) atoms. The van der Waals surface area contributed by atoms with E-state index in [0.29, 0.717) is 5.92 Å². The molecule has 1 rings (SSSR count). The molecule has 1 fully saturated rings. The number of hydrogen-bond acceptors (Lipinski definition) is 3. The van der Waals surface area contributed by atoms with E-state index >= 15 is 0 Å². The van der Waals surface area contributed by atoms with Crippen molar-refractivity contribution in [2.75, 3.05) is 20.1 Å². The Morgan fingerprint density at radius 2 is 1.93 bits per heavy atom. The minimum atomic E-state index is -0.246. The highest BCUT2D eigenvalue weighted by Gasteiger charge is 2.27. The second kappa shape index (κ2) is 5.47. The van der Waals surface area contributed by atoms with Crippen LogP contribution in [-0.2, 0) is 4.79 Å². The molecule has 0 radical (unpaired) electrons. The summed E-state index contributed by atoms with van der Waals surface area (Å²) in [5, 5.41) is 12.4. The molecular formula is C11H22N2O2. The number of nitrogens with zero attached hydrogens (tertiary/aromatic N) is 1. The zero-order valence-electron chi connectivity index (χ0n) is 9.86. The third kappa shape index (κ3) is 3.18. The van der Waals surface area contributed by atoms with E-state index in [-0.39, 0.29) is 18.1 Å². The minimum Gasteiger partial charge on any atom is -0.393 e. The lowest BCUT2D eigenvalue weighted by molar-refractivity contribution is -0.134. The average Bonchev–Trinajstić information content (AvgIpc) is 2.27. The van der Waals surface area contributed by atoms with Crippen molar-refractivity contribution in [2.24, 2.45) is 5.92 Å². The summed E-state index contributed by atoms with van der Waals surface area (Å²) in [7, 11) is 1.80. The van der Waals surface area contributed by atoms with Gasteiger partial charge in [0.25, 0.3) is 0 Å². The summed E-state index contributed by atoms with van der Waals surface area (Å²) >= 11 is 0. The van der Waals surface area contributed by atoms with Crippen LogP contribution < -0.4 is 5.32 Å². The predicted octanol–water partition coefficient (Wildman–Crippen LogP) is 0.214. The van der Waals surface area contributed by atoms with Crippen molar-refractivity contribution in [2.45, 2.75) is 38.8 Å². The Morgan fingerprint density at radius 3 is 2.33 bits per heavy atom. The standard InChI is InChI=1S/C11H22N2O2/c1-8(12-3)11(15)13-6-4-10(5-7-13)9(2)14/h8-10,12,14H,4-7H2,1-3H3. The van der Waals surface area contributed by atoms with Crippen molar-refractivity contribution in [3.8, 4) is 0 Å². The minimum absolute atomic E-state index is 0.104. The first-order valence-corrected chi connectivity index (χ1v) is 5.70. The molecule has 4 nitrogen and oxygen atoms in total. The molecule has 1 saturated heterocycles. The van der Waals surface area contributed by atoms with Crippen LogP contribution in [0.5, 0.6) is 0 Å². The topological polar surface area (TPSA) is 52.6 Å². The summed E-state index contributed by atoms with van der Waals surface area (Å²) in [4.78, 5) is 13.7. The summed E-state index contributed by atoms with van der Waals surface area (Å²) in [6.07, 6.45) is 1.59. The normalized spacial score (nSPS) is 22.5. The molecule has 0 saturated carbocycles. The van der Waals surface area contributed by atoms with Gasteiger partial charge in [-0.05, 0) is 39.7 Å². The molecule has 88 valence electrons. The van der Waals surface area contributed by atoms with Crippen molar-refractivity contribution in [3.63, 3.8) is 0 Å². The fourth-order valence-corrected chi connectivity index (χ4v) is 2.00. The van der Waals surface area contributed by atoms with Crippen LogP contribution in [-0.4, -0.2) is 48.2 Å². The zero-order chi connectivity index (χ0) is 11.4. The van der Waals surface area contributed by atoms with Gasteiger partial charge in [0.1, 0.15) is 0 Å². The Morgan fingerprint density at radius 1 is 1.40 bits per heavy atom. The summed E-state index contributed by atoms with van der Waals surface area (Å²) in [6, 6.07) is -0.104. The van der Waals surface area contributed by atoms with Crippen LogP contribution in [0, 0.1) is 5.92 Å². The lowest BCUT2D eigenvalue weighted by Gasteiger charge is -2.34. The first-order valence-electron chi connectivity index (χ1n) is 5.70. The number of piperidine rings is 1. The molecule has 1 amide bonds. The molecule has 2 atom stereocenters. The van der Waals surface area contributed by atoms with E-state index in [9.17, 15) is 9.90 Å². The quantitative estimate of drug-likeness (QED) is 0.706. The summed E-state index contributed by atoms with van der Waals surface area (Å²) in [5.41, 5.74) is 0. The SMILES string of the molecule is CNC(C)C(=O)N1CCC(C(C)O)CC1. The van der Waals surface area contributed by atoms with Gasteiger partial charge in [-0.25, -0.2) is 0 Å². The molecule has 0 aromatic heterocycles. The van der Waals surface area contributed by atoms with E-state index in [0.717, 1.165) is 25.9 Å². The summed E-state index contributed by atoms with van der Waals surface area (Å²) in [5.74, 6) is 0.528. The van der Waals surface area contributed by atoms with Gasteiger partial charge in [0.15, 0.2) is 0 Å². The monoisotopic (exact) mass is 214 g/mol. The molecule has 2 N–H and O–H groups in total. The Balaban J connectivity index is 2.40. The molecular weight excluding hydrogens is 192 g/mol. The van der Waals surface area contributed by atoms with Gasteiger partial charge in [-0.1, -0.05) is 0 Å². The number of aliphatic hydroxyl groups is 1. The van der Waals surface area contributed by atoms with Gasteiger partial charge < -0.3 is 15.3 Å². The third-order valence-electron chi connectivity index (χ3n) is 3.34. The van der Waals surface area contributed by atoms with Crippen LogP contribution in [0.1, 0.15) is 26.7 Å². The van der Waals surface area contributed by atoms with Gasteiger partial charge in [-0.15, -0.1) is 0 Å². The highest BCUT2D eigenvalue weighted by atomic mass is 16.3. The van der Waals surface area contributed by atoms with E-state index in [1.807, 2.05) is 18.7 Å². The van der Waals surface area contributed by atoms with Crippen molar-refractivity contribution >= 4 is 5.91 Å². The lowest BCUT2D eigenvalue weighted by Crippen LogP contribution is -2.47. The number of rotatable bonds is 3. The van der Waals surface area contributed by atoms with Crippen LogP contribution in [0.3, 0.4) is 0 Å². The first kappa shape index (κ1) is 12.5. The van der Waals surface area contributed by atoms with Gasteiger partial charge in [-0.2, -0.15) is 0 Å². The highest BCUT2D eigenvalue weighted by Crippen LogP contribution is 2.20. The van der Waals surface area contributed by atoms with Gasteiger partial charge in [0, 0.05) is 13.1 Å². The Hall–Kier alpha value is -0.610. The fourth-order valence-electron chi connectivity index (χ4n) is 2.00. The largest absolute Gasteiger partial charge is 0.393 e. The Labute approximate surface area is 91.6 Å². The number of carbonyl (C=O) groups is 1. The van der Waals surface area contributed by atoms with E-state index in [4.69, 9.17) is 0 Å². The number of nitrogens with one attached hydrogen (secondary N) is 1. The van der Waals surface area contributed by atoms with E-state index in [1.54, 1.807) is 7.05 Å². The lowest BCUT2D eigenvalue weighted by atomic mass is 9.92. The van der Waals surface area contributed by atoms with Gasteiger partial charge in [0.2, 0.25) is 5.91 Å². The van der Waals surface area contributed by atoms with Gasteiger partial charge >= 0.3 is 0 Å². The molecule has 1 aliphatic heterocycles. The molecule has 0 spiro atoms. The molecule has 0 aliphatic carbocycles. The molecule has 1 aliphatic rings. The van der Waals surface area contributed by atoms with Crippen LogP contribution in [0.25, 0.3) is 0 Å². The number of likely N-dealkylation sites (N-methyl/N-ethyl adjacent to an activating group) is 1. The number of amides is 1. The second-order valence-electron chi connectivity index (χ2n) is 4.41. The maximum atomic E-state index is 11.8. The maximum absolute atomic E-state index is 11.8. The fraction of sp³-hybridized carbons (Fsp3) is 0.909. The molecule has 1 heterocycles. The summed E-state index contributed by atoms with van der Waals surface area (Å²) < 4.78 is 0. The smallest absolute Gasteiger partial charge is 0.239 e. The van der Waals surface area contributed by atoms with E-state index < -0.39 is 0 Å². The van der Waals surface area contributed by atoms with Crippen LogP contribution >= 0.6 is 0 Å². The van der Waals surface area contributed by atoms with Crippen molar-refractivity contribution in [1.29, 1.82) is 0 Å². The molecule has 0 aromatic rings. The zero-order valence-corrected chi connectivity index (χ0v) is 9.86. The van der Waals surface area contributed by atoms with E-state index in [2.05, 4.69) is 5.32 Å².